The number of rotatable bonds is 4. The molecule has 0 saturated heterocycles. The highest BCUT2D eigenvalue weighted by atomic mass is 16.5. The van der Waals surface area contributed by atoms with Gasteiger partial charge in [0.2, 0.25) is 0 Å². The third-order valence-electron chi connectivity index (χ3n) is 3.85. The van der Waals surface area contributed by atoms with E-state index in [0.29, 0.717) is 28.3 Å². The second kappa shape index (κ2) is 7.00. The quantitative estimate of drug-likeness (QED) is 0.726. The summed E-state index contributed by atoms with van der Waals surface area (Å²) in [5, 5.41) is 2.84. The van der Waals surface area contributed by atoms with Gasteiger partial charge in [-0.05, 0) is 57.5 Å². The number of imidazole rings is 1. The number of hydrogen-bond acceptors (Lipinski definition) is 4. The summed E-state index contributed by atoms with van der Waals surface area (Å²) in [6.07, 6.45) is 1.67. The Morgan fingerprint density at radius 1 is 1.15 bits per heavy atom. The minimum absolute atomic E-state index is 0.204. The Kier molecular flexibility index (Phi) is 4.75. The molecule has 1 amide bonds. The van der Waals surface area contributed by atoms with Crippen LogP contribution in [0.4, 0.5) is 5.69 Å². The number of carbonyl (C=O) groups is 2. The van der Waals surface area contributed by atoms with Gasteiger partial charge in [-0.15, -0.1) is 0 Å². The Bertz CT molecular complexity index is 989. The van der Waals surface area contributed by atoms with E-state index in [0.717, 1.165) is 5.56 Å². The lowest BCUT2D eigenvalue weighted by atomic mass is 10.2. The first kappa shape index (κ1) is 17.7. The van der Waals surface area contributed by atoms with E-state index in [1.807, 2.05) is 25.3 Å². The van der Waals surface area contributed by atoms with E-state index >= 15 is 0 Å². The number of carbonyl (C=O) groups excluding carboxylic acids is 2. The van der Waals surface area contributed by atoms with Gasteiger partial charge in [0.05, 0.1) is 17.4 Å². The molecule has 1 N–H and O–H groups in total. The Hall–Kier alpha value is -3.15. The normalized spacial score (nSPS) is 11.0. The van der Waals surface area contributed by atoms with Crippen molar-refractivity contribution in [1.82, 2.24) is 9.38 Å². The summed E-state index contributed by atoms with van der Waals surface area (Å²) in [5.41, 5.74) is 3.77. The van der Waals surface area contributed by atoms with Crippen LogP contribution < -0.4 is 5.32 Å². The van der Waals surface area contributed by atoms with Crippen LogP contribution >= 0.6 is 0 Å². The molecular weight excluding hydrogens is 330 g/mol. The summed E-state index contributed by atoms with van der Waals surface area (Å²) in [5.74, 6) is -0.701. The number of pyridine rings is 1. The highest BCUT2D eigenvalue weighted by Crippen LogP contribution is 2.17. The van der Waals surface area contributed by atoms with Gasteiger partial charge in [-0.3, -0.25) is 9.20 Å². The van der Waals surface area contributed by atoms with E-state index < -0.39 is 5.97 Å². The fraction of sp³-hybridized carbons (Fsp3) is 0.250. The zero-order valence-corrected chi connectivity index (χ0v) is 15.2. The van der Waals surface area contributed by atoms with Crippen LogP contribution in [0.1, 0.15) is 46.0 Å². The van der Waals surface area contributed by atoms with Crippen LogP contribution in [0.15, 0.2) is 42.6 Å². The summed E-state index contributed by atoms with van der Waals surface area (Å²) >= 11 is 0. The number of nitrogens with zero attached hydrogens (tertiary/aromatic N) is 2. The molecule has 0 unspecified atom stereocenters. The largest absolute Gasteiger partial charge is 0.459 e. The standard InChI is InChI=1S/C20H21N3O3/c1-12(2)26-20(25)15-6-5-7-16(10-15)22-19(24)18-14(4)21-17-9-8-13(3)11-23(17)18/h5-12H,1-4H3,(H,22,24). The van der Waals surface area contributed by atoms with Crippen molar-refractivity contribution in [1.29, 1.82) is 0 Å². The lowest BCUT2D eigenvalue weighted by Crippen LogP contribution is -2.16. The Labute approximate surface area is 151 Å². The molecule has 3 rings (SSSR count). The first-order valence-corrected chi connectivity index (χ1v) is 8.43. The molecule has 0 fully saturated rings. The van der Waals surface area contributed by atoms with Crippen LogP contribution in [-0.4, -0.2) is 27.4 Å². The van der Waals surface area contributed by atoms with Gasteiger partial charge >= 0.3 is 5.97 Å². The van der Waals surface area contributed by atoms with E-state index in [1.165, 1.54) is 0 Å². The highest BCUT2D eigenvalue weighted by molar-refractivity contribution is 6.05. The van der Waals surface area contributed by atoms with Crippen LogP contribution in [0, 0.1) is 13.8 Å². The number of benzene rings is 1. The number of ether oxygens (including phenoxy) is 1. The summed E-state index contributed by atoms with van der Waals surface area (Å²) in [6.45, 7) is 7.34. The molecule has 6 heteroatoms. The third kappa shape index (κ3) is 3.59. The Morgan fingerprint density at radius 3 is 2.65 bits per heavy atom. The maximum Gasteiger partial charge on any atom is 0.338 e. The smallest absolute Gasteiger partial charge is 0.338 e. The second-order valence-electron chi connectivity index (χ2n) is 6.47. The molecule has 0 atom stereocenters. The molecule has 1 aromatic carbocycles. The van der Waals surface area contributed by atoms with Gasteiger partial charge < -0.3 is 10.1 Å². The molecule has 2 aromatic heterocycles. The maximum atomic E-state index is 12.8. The van der Waals surface area contributed by atoms with Crippen molar-refractivity contribution in [3.05, 3.63) is 65.1 Å². The third-order valence-corrected chi connectivity index (χ3v) is 3.85. The fourth-order valence-corrected chi connectivity index (χ4v) is 2.74. The van der Waals surface area contributed by atoms with Crippen LogP contribution in [-0.2, 0) is 4.74 Å². The predicted octanol–water partition coefficient (Wildman–Crippen LogP) is 3.77. The number of hydrogen-bond donors (Lipinski definition) is 1. The molecular formula is C20H21N3O3. The summed E-state index contributed by atoms with van der Waals surface area (Å²) in [7, 11) is 0. The molecule has 0 saturated carbocycles. The number of aryl methyl sites for hydroxylation is 2. The topological polar surface area (TPSA) is 72.7 Å². The van der Waals surface area contributed by atoms with E-state index in [1.54, 1.807) is 49.4 Å². The van der Waals surface area contributed by atoms with Crippen molar-refractivity contribution in [2.75, 3.05) is 5.32 Å². The van der Waals surface area contributed by atoms with E-state index in [-0.39, 0.29) is 12.0 Å². The lowest BCUT2D eigenvalue weighted by molar-refractivity contribution is 0.0377. The maximum absolute atomic E-state index is 12.8. The molecule has 2 heterocycles. The van der Waals surface area contributed by atoms with Crippen LogP contribution in [0.2, 0.25) is 0 Å². The molecule has 134 valence electrons. The number of nitrogens with one attached hydrogen (secondary N) is 1. The highest BCUT2D eigenvalue weighted by Gasteiger charge is 2.17. The van der Waals surface area contributed by atoms with E-state index in [4.69, 9.17) is 4.74 Å². The van der Waals surface area contributed by atoms with Gasteiger partial charge in [0.25, 0.3) is 5.91 Å². The summed E-state index contributed by atoms with van der Waals surface area (Å²) < 4.78 is 6.97. The van der Waals surface area contributed by atoms with Crippen molar-refractivity contribution in [3.8, 4) is 0 Å². The molecule has 0 aliphatic rings. The molecule has 26 heavy (non-hydrogen) atoms. The average molecular weight is 351 g/mol. The minimum Gasteiger partial charge on any atom is -0.459 e. The van der Waals surface area contributed by atoms with Gasteiger partial charge in [-0.25, -0.2) is 9.78 Å². The number of anilines is 1. The van der Waals surface area contributed by atoms with Crippen molar-refractivity contribution < 1.29 is 14.3 Å². The number of aromatic nitrogens is 2. The zero-order valence-electron chi connectivity index (χ0n) is 15.2. The van der Waals surface area contributed by atoms with Crippen LogP contribution in [0.5, 0.6) is 0 Å². The predicted molar refractivity (Wildman–Crippen MR) is 99.6 cm³/mol. The molecule has 6 nitrogen and oxygen atoms in total. The van der Waals surface area contributed by atoms with Crippen molar-refractivity contribution in [3.63, 3.8) is 0 Å². The number of fused-ring (bicyclic) bond motifs is 1. The second-order valence-corrected chi connectivity index (χ2v) is 6.47. The molecule has 0 aliphatic heterocycles. The minimum atomic E-state index is -0.419. The van der Waals surface area contributed by atoms with Crippen molar-refractivity contribution >= 4 is 23.2 Å². The monoisotopic (exact) mass is 351 g/mol. The van der Waals surface area contributed by atoms with Gasteiger partial charge in [-0.1, -0.05) is 12.1 Å². The van der Waals surface area contributed by atoms with E-state index in [9.17, 15) is 9.59 Å². The fourth-order valence-electron chi connectivity index (χ4n) is 2.74. The zero-order chi connectivity index (χ0) is 18.8. The van der Waals surface area contributed by atoms with Gasteiger partial charge in [0.1, 0.15) is 11.3 Å². The lowest BCUT2D eigenvalue weighted by Gasteiger charge is -2.10. The first-order chi connectivity index (χ1) is 12.3. The van der Waals surface area contributed by atoms with Gasteiger partial charge in [0, 0.05) is 11.9 Å². The SMILES string of the molecule is Cc1ccc2nc(C)c(C(=O)Nc3cccc(C(=O)OC(C)C)c3)n2c1. The Balaban J connectivity index is 1.88. The molecule has 0 radical (unpaired) electrons. The molecule has 3 aromatic rings. The van der Waals surface area contributed by atoms with Gasteiger partial charge in [0.15, 0.2) is 0 Å². The number of esters is 1. The van der Waals surface area contributed by atoms with Crippen molar-refractivity contribution in [2.24, 2.45) is 0 Å². The Morgan fingerprint density at radius 2 is 1.92 bits per heavy atom. The van der Waals surface area contributed by atoms with E-state index in [2.05, 4.69) is 10.3 Å². The first-order valence-electron chi connectivity index (χ1n) is 8.43. The number of amides is 1. The molecule has 0 aliphatic carbocycles. The average Bonchev–Trinajstić information content (AvgIpc) is 2.89. The van der Waals surface area contributed by atoms with Crippen molar-refractivity contribution in [2.45, 2.75) is 33.8 Å². The molecule has 0 spiro atoms. The van der Waals surface area contributed by atoms with Crippen LogP contribution in [0.25, 0.3) is 5.65 Å². The van der Waals surface area contributed by atoms with Crippen LogP contribution in [0.3, 0.4) is 0 Å². The summed E-state index contributed by atoms with van der Waals surface area (Å²) in [4.78, 5) is 29.3. The molecule has 0 bridgehead atoms. The van der Waals surface area contributed by atoms with Gasteiger partial charge in [-0.2, -0.15) is 0 Å². The summed E-state index contributed by atoms with van der Waals surface area (Å²) in [6, 6.07) is 10.5.